The van der Waals surface area contributed by atoms with Crippen molar-refractivity contribution in [3.63, 3.8) is 0 Å². The monoisotopic (exact) mass is 818 g/mol. The van der Waals surface area contributed by atoms with Crippen molar-refractivity contribution in [2.75, 3.05) is 9.80 Å². The maximum Gasteiger partial charge on any atom is 0.0788 e. The van der Waals surface area contributed by atoms with Crippen LogP contribution in [0.15, 0.2) is 255 Å². The van der Waals surface area contributed by atoms with Gasteiger partial charge in [0, 0.05) is 62.9 Å². The number of benzene rings is 9. The van der Waals surface area contributed by atoms with Crippen molar-refractivity contribution in [2.45, 2.75) is 5.41 Å². The first-order valence-corrected chi connectivity index (χ1v) is 21.9. The Balaban J connectivity index is 1.32. The van der Waals surface area contributed by atoms with Crippen molar-refractivity contribution in [2.24, 2.45) is 0 Å². The standard InChI is InChI=1S/C60H42N4/c1-8-22-43(23-9-1)60(44-24-10-2-11-25-44)53-38-39-61-42-52(53)57-54(60)41-56(63(47-30-16-5-17-31-47)48-32-18-6-19-33-48)59-58(57)51-40-50(36-37-55(51)64(59)49-34-20-7-21-35-49)62(45-26-12-3-13-27-45)46-28-14-4-15-29-46/h1-42H. The van der Waals surface area contributed by atoms with E-state index < -0.39 is 5.41 Å². The summed E-state index contributed by atoms with van der Waals surface area (Å²) in [7, 11) is 0. The Kier molecular flexibility index (Phi) is 9.01. The molecule has 4 heteroatoms. The lowest BCUT2D eigenvalue weighted by Crippen LogP contribution is -2.29. The molecule has 0 radical (unpaired) electrons. The van der Waals surface area contributed by atoms with E-state index >= 15 is 0 Å². The van der Waals surface area contributed by atoms with Gasteiger partial charge in [-0.15, -0.1) is 0 Å². The van der Waals surface area contributed by atoms with Gasteiger partial charge in [-0.3, -0.25) is 4.98 Å². The average Bonchev–Trinajstić information content (AvgIpc) is 3.87. The Bertz CT molecular complexity index is 3290. The third kappa shape index (κ3) is 5.80. The number of para-hydroxylation sites is 5. The van der Waals surface area contributed by atoms with Crippen molar-refractivity contribution < 1.29 is 0 Å². The molecule has 9 aromatic carbocycles. The molecule has 4 nitrogen and oxygen atoms in total. The maximum atomic E-state index is 4.91. The highest BCUT2D eigenvalue weighted by Crippen LogP contribution is 2.61. The Morgan fingerprint density at radius 2 is 0.875 bits per heavy atom. The summed E-state index contributed by atoms with van der Waals surface area (Å²) >= 11 is 0. The van der Waals surface area contributed by atoms with Crippen molar-refractivity contribution in [1.82, 2.24) is 9.55 Å². The minimum Gasteiger partial charge on any atom is -0.310 e. The van der Waals surface area contributed by atoms with Crippen LogP contribution in [0.4, 0.5) is 34.1 Å². The first-order chi connectivity index (χ1) is 31.8. The molecule has 0 unspecified atom stereocenters. The maximum absolute atomic E-state index is 4.91. The van der Waals surface area contributed by atoms with E-state index in [4.69, 9.17) is 4.98 Å². The van der Waals surface area contributed by atoms with Gasteiger partial charge in [0.15, 0.2) is 0 Å². The molecule has 64 heavy (non-hydrogen) atoms. The first kappa shape index (κ1) is 37.3. The second-order valence-electron chi connectivity index (χ2n) is 16.3. The fourth-order valence-corrected chi connectivity index (χ4v) is 10.3. The molecule has 0 N–H and O–H groups in total. The summed E-state index contributed by atoms with van der Waals surface area (Å²) in [6, 6.07) is 87.7. The molecule has 12 rings (SSSR count). The molecule has 0 amide bonds. The number of pyridine rings is 1. The van der Waals surface area contributed by atoms with E-state index in [0.29, 0.717) is 0 Å². The van der Waals surface area contributed by atoms with Gasteiger partial charge in [-0.05, 0) is 119 Å². The molecule has 302 valence electrons. The van der Waals surface area contributed by atoms with Gasteiger partial charge >= 0.3 is 0 Å². The van der Waals surface area contributed by atoms with Crippen LogP contribution in [0.25, 0.3) is 38.6 Å². The summed E-state index contributed by atoms with van der Waals surface area (Å²) in [4.78, 5) is 9.73. The van der Waals surface area contributed by atoms with Crippen LogP contribution >= 0.6 is 0 Å². The van der Waals surface area contributed by atoms with E-state index in [0.717, 1.165) is 61.8 Å². The number of hydrogen-bond donors (Lipinski definition) is 0. The molecule has 2 heterocycles. The molecule has 0 aliphatic heterocycles. The Hall–Kier alpha value is -8.47. The van der Waals surface area contributed by atoms with Crippen LogP contribution in [-0.4, -0.2) is 9.55 Å². The summed E-state index contributed by atoms with van der Waals surface area (Å²) in [5.41, 5.74) is 16.3. The highest BCUT2D eigenvalue weighted by molar-refractivity contribution is 6.23. The molecule has 0 saturated carbocycles. The van der Waals surface area contributed by atoms with Gasteiger partial charge in [-0.2, -0.15) is 0 Å². The molecule has 2 aromatic heterocycles. The number of rotatable bonds is 9. The summed E-state index contributed by atoms with van der Waals surface area (Å²) in [5, 5.41) is 2.33. The third-order valence-electron chi connectivity index (χ3n) is 12.9. The largest absolute Gasteiger partial charge is 0.310 e. The van der Waals surface area contributed by atoms with Crippen molar-refractivity contribution in [3.05, 3.63) is 277 Å². The summed E-state index contributed by atoms with van der Waals surface area (Å²) in [6.07, 6.45) is 4.06. The zero-order valence-corrected chi connectivity index (χ0v) is 35.0. The average molecular weight is 819 g/mol. The molecular weight excluding hydrogens is 777 g/mol. The fraction of sp³-hybridized carbons (Fsp3) is 0.0167. The topological polar surface area (TPSA) is 24.3 Å². The summed E-state index contributed by atoms with van der Waals surface area (Å²) in [5.74, 6) is 0. The van der Waals surface area contributed by atoms with Crippen LogP contribution in [0.1, 0.15) is 22.3 Å². The van der Waals surface area contributed by atoms with Crippen LogP contribution < -0.4 is 9.80 Å². The lowest BCUT2D eigenvalue weighted by molar-refractivity contribution is 0.767. The van der Waals surface area contributed by atoms with Crippen molar-refractivity contribution in [1.29, 1.82) is 0 Å². The molecule has 0 bridgehead atoms. The molecule has 0 atom stereocenters. The van der Waals surface area contributed by atoms with Crippen molar-refractivity contribution in [3.8, 4) is 16.8 Å². The molecule has 0 fully saturated rings. The Morgan fingerprint density at radius 3 is 1.39 bits per heavy atom. The van der Waals surface area contributed by atoms with E-state index in [-0.39, 0.29) is 0 Å². The lowest BCUT2D eigenvalue weighted by atomic mass is 9.67. The minimum absolute atomic E-state index is 0.670. The fourth-order valence-electron chi connectivity index (χ4n) is 10.3. The van der Waals surface area contributed by atoms with Gasteiger partial charge in [-0.25, -0.2) is 0 Å². The van der Waals surface area contributed by atoms with E-state index in [1.54, 1.807) is 0 Å². The highest BCUT2D eigenvalue weighted by Gasteiger charge is 2.48. The predicted molar refractivity (Wildman–Crippen MR) is 265 cm³/mol. The molecule has 1 aliphatic rings. The highest BCUT2D eigenvalue weighted by atomic mass is 15.2. The predicted octanol–water partition coefficient (Wildman–Crippen LogP) is 15.5. The van der Waals surface area contributed by atoms with Crippen LogP contribution in [0.3, 0.4) is 0 Å². The SMILES string of the molecule is c1ccc(N(c2ccccc2)c2ccc3c(c2)c2c4c(cc(N(c5ccccc5)c5ccccc5)c2n3-c2ccccc2)C(c2ccccc2)(c2ccccc2)c2ccncc2-4)cc1. The van der Waals surface area contributed by atoms with E-state index in [1.807, 2.05) is 6.20 Å². The zero-order chi connectivity index (χ0) is 42.5. The van der Waals surface area contributed by atoms with Crippen LogP contribution in [0, 0.1) is 0 Å². The lowest BCUT2D eigenvalue weighted by Gasteiger charge is -2.35. The number of nitrogens with zero attached hydrogens (tertiary/aromatic N) is 4. The van der Waals surface area contributed by atoms with E-state index in [1.165, 1.54) is 33.2 Å². The Labute approximate surface area is 373 Å². The van der Waals surface area contributed by atoms with E-state index in [2.05, 4.69) is 263 Å². The second kappa shape index (κ2) is 15.5. The second-order valence-corrected chi connectivity index (χ2v) is 16.3. The zero-order valence-electron chi connectivity index (χ0n) is 35.0. The molecule has 11 aromatic rings. The first-order valence-electron chi connectivity index (χ1n) is 21.9. The van der Waals surface area contributed by atoms with Gasteiger partial charge in [0.2, 0.25) is 0 Å². The minimum atomic E-state index is -0.670. The molecular formula is C60H42N4. The number of anilines is 6. The number of hydrogen-bond acceptors (Lipinski definition) is 3. The van der Waals surface area contributed by atoms with Gasteiger partial charge < -0.3 is 14.4 Å². The quantitative estimate of drug-likeness (QED) is 0.145. The molecule has 1 aliphatic carbocycles. The third-order valence-corrected chi connectivity index (χ3v) is 12.9. The normalized spacial score (nSPS) is 12.5. The number of aromatic nitrogens is 2. The van der Waals surface area contributed by atoms with Gasteiger partial charge in [0.05, 0.1) is 22.1 Å². The smallest absolute Gasteiger partial charge is 0.0788 e. The molecule has 0 spiro atoms. The summed E-state index contributed by atoms with van der Waals surface area (Å²) < 4.78 is 2.49. The number of fused-ring (bicyclic) bond motifs is 7. The van der Waals surface area contributed by atoms with E-state index in [9.17, 15) is 0 Å². The van der Waals surface area contributed by atoms with Crippen LogP contribution in [0.2, 0.25) is 0 Å². The van der Waals surface area contributed by atoms with Crippen LogP contribution in [0.5, 0.6) is 0 Å². The van der Waals surface area contributed by atoms with Crippen molar-refractivity contribution >= 4 is 55.9 Å². The molecule has 0 saturated heterocycles. The van der Waals surface area contributed by atoms with Gasteiger partial charge in [0.1, 0.15) is 0 Å². The van der Waals surface area contributed by atoms with Gasteiger partial charge in [0.25, 0.3) is 0 Å². The van der Waals surface area contributed by atoms with Crippen LogP contribution in [-0.2, 0) is 5.41 Å². The van der Waals surface area contributed by atoms with Gasteiger partial charge in [-0.1, -0.05) is 152 Å². The Morgan fingerprint density at radius 1 is 0.406 bits per heavy atom. The summed E-state index contributed by atoms with van der Waals surface area (Å²) in [6.45, 7) is 0.